The molecular weight excluding hydrogens is 272 g/mol. The molecule has 1 N–H and O–H groups in total. The van der Waals surface area contributed by atoms with Crippen LogP contribution in [0.15, 0.2) is 17.7 Å². The molecular formula is C20H26O2. The summed E-state index contributed by atoms with van der Waals surface area (Å²) < 4.78 is 0. The molecule has 0 radical (unpaired) electrons. The third-order valence-corrected chi connectivity index (χ3v) is 5.67. The maximum atomic E-state index is 13.2. The summed E-state index contributed by atoms with van der Waals surface area (Å²) in [5, 5.41) is 11.7. The highest BCUT2D eigenvalue weighted by molar-refractivity contribution is 6.09. The number of benzene rings is 1. The highest BCUT2D eigenvalue weighted by Gasteiger charge is 2.55. The van der Waals surface area contributed by atoms with Crippen molar-refractivity contribution >= 4 is 11.9 Å². The first-order valence-corrected chi connectivity index (χ1v) is 8.32. The Morgan fingerprint density at radius 1 is 1.23 bits per heavy atom. The van der Waals surface area contributed by atoms with Gasteiger partial charge < -0.3 is 5.11 Å². The molecule has 0 saturated carbocycles. The normalized spacial score (nSPS) is 26.5. The Bertz CT molecular complexity index is 679. The summed E-state index contributed by atoms with van der Waals surface area (Å²) in [6.07, 6.45) is 4.81. The topological polar surface area (TPSA) is 37.3 Å². The van der Waals surface area contributed by atoms with E-state index in [1.54, 1.807) is 0 Å². The third-order valence-electron chi connectivity index (χ3n) is 5.67. The van der Waals surface area contributed by atoms with Gasteiger partial charge in [-0.1, -0.05) is 39.8 Å². The van der Waals surface area contributed by atoms with Gasteiger partial charge in [-0.2, -0.15) is 0 Å². The Labute approximate surface area is 133 Å². The van der Waals surface area contributed by atoms with Crippen LogP contribution >= 0.6 is 0 Å². The summed E-state index contributed by atoms with van der Waals surface area (Å²) in [6, 6.07) is 4.19. The number of Topliss-reactive ketones (excluding diaryl/α,β-unsaturated/α-hetero) is 1. The SMILES string of the molecule is Cc1ccc2c3c1CCCC(C)(C)C3(O)C(=O)C(C(C)C)=C2. The van der Waals surface area contributed by atoms with Gasteiger partial charge >= 0.3 is 0 Å². The van der Waals surface area contributed by atoms with E-state index in [4.69, 9.17) is 0 Å². The van der Waals surface area contributed by atoms with Gasteiger partial charge in [0.2, 0.25) is 0 Å². The number of aliphatic hydroxyl groups is 1. The lowest BCUT2D eigenvalue weighted by Gasteiger charge is -2.45. The number of carbonyl (C=O) groups is 1. The summed E-state index contributed by atoms with van der Waals surface area (Å²) in [6.45, 7) is 10.2. The van der Waals surface area contributed by atoms with Gasteiger partial charge in [-0.25, -0.2) is 0 Å². The van der Waals surface area contributed by atoms with Crippen LogP contribution in [0.5, 0.6) is 0 Å². The van der Waals surface area contributed by atoms with Gasteiger partial charge in [-0.05, 0) is 54.9 Å². The highest BCUT2D eigenvalue weighted by Crippen LogP contribution is 2.53. The second-order valence-corrected chi connectivity index (χ2v) is 7.86. The molecule has 22 heavy (non-hydrogen) atoms. The van der Waals surface area contributed by atoms with Crippen molar-refractivity contribution in [3.63, 3.8) is 0 Å². The van der Waals surface area contributed by atoms with Crippen LogP contribution in [0, 0.1) is 18.3 Å². The molecule has 2 aliphatic rings. The summed E-state index contributed by atoms with van der Waals surface area (Å²) >= 11 is 0. The van der Waals surface area contributed by atoms with Crippen LogP contribution in [0.1, 0.15) is 62.8 Å². The second-order valence-electron chi connectivity index (χ2n) is 7.86. The Morgan fingerprint density at radius 3 is 2.55 bits per heavy atom. The maximum absolute atomic E-state index is 13.2. The van der Waals surface area contributed by atoms with Crippen molar-refractivity contribution in [1.29, 1.82) is 0 Å². The van der Waals surface area contributed by atoms with Crippen molar-refractivity contribution in [2.75, 3.05) is 0 Å². The van der Waals surface area contributed by atoms with Gasteiger partial charge in [0.25, 0.3) is 0 Å². The summed E-state index contributed by atoms with van der Waals surface area (Å²) in [7, 11) is 0. The van der Waals surface area contributed by atoms with Gasteiger partial charge in [0.05, 0.1) is 0 Å². The smallest absolute Gasteiger partial charge is 0.195 e. The van der Waals surface area contributed by atoms with Crippen LogP contribution in [0.4, 0.5) is 0 Å². The number of rotatable bonds is 1. The third kappa shape index (κ3) is 1.86. The van der Waals surface area contributed by atoms with Crippen LogP contribution in [-0.2, 0) is 16.8 Å². The Kier molecular flexibility index (Phi) is 3.37. The minimum absolute atomic E-state index is 0.0891. The largest absolute Gasteiger partial charge is 0.376 e. The van der Waals surface area contributed by atoms with Gasteiger partial charge in [0, 0.05) is 16.6 Å². The quantitative estimate of drug-likeness (QED) is 0.845. The number of ketones is 1. The standard InChI is InChI=1S/C20H26O2/c1-12(2)16-11-14-9-8-13(3)15-7-6-10-19(4,5)20(22,17(14)15)18(16)21/h8-9,11-12,22H,6-7,10H2,1-5H3. The fraction of sp³-hybridized carbons (Fsp3) is 0.550. The van der Waals surface area contributed by atoms with Crippen molar-refractivity contribution in [1.82, 2.24) is 0 Å². The summed E-state index contributed by atoms with van der Waals surface area (Å²) in [5.74, 6) is 0.0298. The first kappa shape index (κ1) is 15.5. The molecule has 3 rings (SSSR count). The lowest BCUT2D eigenvalue weighted by molar-refractivity contribution is -0.150. The van der Waals surface area contributed by atoms with Gasteiger partial charge in [-0.15, -0.1) is 0 Å². The molecule has 1 atom stereocenters. The van der Waals surface area contributed by atoms with Crippen LogP contribution in [0.25, 0.3) is 6.08 Å². The Morgan fingerprint density at radius 2 is 1.91 bits per heavy atom. The van der Waals surface area contributed by atoms with E-state index in [1.165, 1.54) is 11.1 Å². The van der Waals surface area contributed by atoms with Gasteiger partial charge in [-0.3, -0.25) is 4.79 Å². The molecule has 0 heterocycles. The van der Waals surface area contributed by atoms with Gasteiger partial charge in [0.15, 0.2) is 11.4 Å². The number of hydrogen-bond acceptors (Lipinski definition) is 2. The van der Waals surface area contributed by atoms with E-state index in [0.29, 0.717) is 0 Å². The van der Waals surface area contributed by atoms with E-state index < -0.39 is 11.0 Å². The minimum Gasteiger partial charge on any atom is -0.376 e. The molecule has 2 nitrogen and oxygen atoms in total. The van der Waals surface area contributed by atoms with Crippen molar-refractivity contribution in [3.05, 3.63) is 40.0 Å². The van der Waals surface area contributed by atoms with E-state index in [1.807, 2.05) is 33.8 Å². The fourth-order valence-corrected chi connectivity index (χ4v) is 4.16. The number of aryl methyl sites for hydroxylation is 1. The zero-order valence-corrected chi connectivity index (χ0v) is 14.3. The van der Waals surface area contributed by atoms with E-state index in [0.717, 1.165) is 36.0 Å². The predicted octanol–water partition coefficient (Wildman–Crippen LogP) is 4.17. The second kappa shape index (κ2) is 4.79. The van der Waals surface area contributed by atoms with E-state index in [9.17, 15) is 9.90 Å². The zero-order chi connectivity index (χ0) is 16.3. The monoisotopic (exact) mass is 298 g/mol. The average molecular weight is 298 g/mol. The average Bonchev–Trinajstić information content (AvgIpc) is 2.54. The summed E-state index contributed by atoms with van der Waals surface area (Å²) in [5.41, 5.74) is 3.17. The minimum atomic E-state index is -1.39. The van der Waals surface area contributed by atoms with Gasteiger partial charge in [0.1, 0.15) is 0 Å². The molecule has 2 heteroatoms. The fourth-order valence-electron chi connectivity index (χ4n) is 4.16. The highest BCUT2D eigenvalue weighted by atomic mass is 16.3. The summed E-state index contributed by atoms with van der Waals surface area (Å²) in [4.78, 5) is 13.2. The molecule has 1 aromatic carbocycles. The first-order valence-electron chi connectivity index (χ1n) is 8.32. The molecule has 0 bridgehead atoms. The van der Waals surface area contributed by atoms with Crippen LogP contribution in [0.3, 0.4) is 0 Å². The van der Waals surface area contributed by atoms with E-state index >= 15 is 0 Å². The maximum Gasteiger partial charge on any atom is 0.195 e. The van der Waals surface area contributed by atoms with Crippen molar-refractivity contribution < 1.29 is 9.90 Å². The van der Waals surface area contributed by atoms with Crippen LogP contribution < -0.4 is 0 Å². The molecule has 0 saturated heterocycles. The Hall–Kier alpha value is -1.41. The molecule has 2 aliphatic carbocycles. The molecule has 0 amide bonds. The van der Waals surface area contributed by atoms with Crippen molar-refractivity contribution in [3.8, 4) is 0 Å². The van der Waals surface area contributed by atoms with E-state index in [-0.39, 0.29) is 11.7 Å². The molecule has 0 fully saturated rings. The number of carbonyl (C=O) groups excluding carboxylic acids is 1. The molecule has 1 aromatic rings. The molecule has 0 aliphatic heterocycles. The lowest BCUT2D eigenvalue weighted by atomic mass is 9.61. The van der Waals surface area contributed by atoms with Crippen LogP contribution in [-0.4, -0.2) is 10.9 Å². The first-order chi connectivity index (χ1) is 10.2. The lowest BCUT2D eigenvalue weighted by Crippen LogP contribution is -2.51. The van der Waals surface area contributed by atoms with Crippen LogP contribution in [0.2, 0.25) is 0 Å². The van der Waals surface area contributed by atoms with E-state index in [2.05, 4.69) is 19.1 Å². The predicted molar refractivity (Wildman–Crippen MR) is 89.6 cm³/mol. The molecule has 1 unspecified atom stereocenters. The molecule has 118 valence electrons. The van der Waals surface area contributed by atoms with Crippen molar-refractivity contribution in [2.24, 2.45) is 11.3 Å². The zero-order valence-electron chi connectivity index (χ0n) is 14.3. The molecule has 0 spiro atoms. The van der Waals surface area contributed by atoms with Crippen molar-refractivity contribution in [2.45, 2.75) is 59.5 Å². The molecule has 0 aromatic heterocycles. The number of hydrogen-bond donors (Lipinski definition) is 1. The Balaban J connectivity index is 2.41.